The number of hydrogen-bond acceptors (Lipinski definition) is 4. The van der Waals surface area contributed by atoms with Crippen molar-refractivity contribution in [3.63, 3.8) is 0 Å². The van der Waals surface area contributed by atoms with Gasteiger partial charge in [0.2, 0.25) is 0 Å². The highest BCUT2D eigenvalue weighted by Crippen LogP contribution is 2.30. The Labute approximate surface area is 93.0 Å². The second-order valence-corrected chi connectivity index (χ2v) is 4.08. The van der Waals surface area contributed by atoms with Crippen molar-refractivity contribution in [1.82, 2.24) is 0 Å². The van der Waals surface area contributed by atoms with Crippen LogP contribution in [0.3, 0.4) is 0 Å². The number of alkyl halides is 1. The second kappa shape index (κ2) is 5.02. The van der Waals surface area contributed by atoms with Crippen molar-refractivity contribution in [3.05, 3.63) is 23.8 Å². The molecule has 1 rings (SSSR count). The molecule has 0 amide bonds. The molecule has 1 aliphatic carbocycles. The molecule has 0 aromatic rings. The summed E-state index contributed by atoms with van der Waals surface area (Å²) in [5, 5.41) is 8.69. The first-order chi connectivity index (χ1) is 7.43. The molecule has 0 bridgehead atoms. The van der Waals surface area contributed by atoms with Crippen LogP contribution in [0.2, 0.25) is 0 Å². The van der Waals surface area contributed by atoms with Gasteiger partial charge in [-0.15, -0.1) is 0 Å². The maximum atomic E-state index is 14.0. The number of carboxylic acid groups (broad SMARTS) is 1. The van der Waals surface area contributed by atoms with E-state index in [0.717, 1.165) is 0 Å². The number of nitrogens with zero attached hydrogens (tertiary/aromatic N) is 1. The summed E-state index contributed by atoms with van der Waals surface area (Å²) in [6.45, 7) is -0.191. The summed E-state index contributed by atoms with van der Waals surface area (Å²) in [5.41, 5.74) is -1.86. The van der Waals surface area contributed by atoms with Gasteiger partial charge in [0.25, 0.3) is 0 Å². The third kappa shape index (κ3) is 3.58. The van der Waals surface area contributed by atoms with E-state index in [-0.39, 0.29) is 25.0 Å². The molecule has 7 heteroatoms. The lowest BCUT2D eigenvalue weighted by atomic mass is 9.89. The van der Waals surface area contributed by atoms with E-state index in [4.69, 9.17) is 5.11 Å². The van der Waals surface area contributed by atoms with E-state index in [0.29, 0.717) is 0 Å². The van der Waals surface area contributed by atoms with E-state index >= 15 is 0 Å². The molecule has 0 heterocycles. The van der Waals surface area contributed by atoms with Crippen LogP contribution in [0.15, 0.2) is 28.2 Å². The molecule has 1 atom stereocenters. The summed E-state index contributed by atoms with van der Waals surface area (Å²) < 4.78 is 37.3. The zero-order chi connectivity index (χ0) is 12.2. The van der Waals surface area contributed by atoms with E-state index in [1.54, 1.807) is 0 Å². The summed E-state index contributed by atoms with van der Waals surface area (Å²) in [7, 11) is -2.55. The number of allylic oxidation sites excluding steroid dienone is 3. The summed E-state index contributed by atoms with van der Waals surface area (Å²) in [5.74, 6) is -1.17. The van der Waals surface area contributed by atoms with Gasteiger partial charge in [-0.25, -0.2) is 9.18 Å². The van der Waals surface area contributed by atoms with Crippen LogP contribution >= 0.6 is 0 Å². The molecule has 88 valence electrons. The second-order valence-electron chi connectivity index (χ2n) is 3.39. The Morgan fingerprint density at radius 1 is 1.62 bits per heavy atom. The van der Waals surface area contributed by atoms with Gasteiger partial charge in [0, 0.05) is 18.4 Å². The molecule has 0 saturated heterocycles. The van der Waals surface area contributed by atoms with Gasteiger partial charge in [-0.1, -0.05) is 12.2 Å². The van der Waals surface area contributed by atoms with Gasteiger partial charge in [-0.3, -0.25) is 0 Å². The van der Waals surface area contributed by atoms with Crippen molar-refractivity contribution in [2.45, 2.75) is 18.5 Å². The van der Waals surface area contributed by atoms with Gasteiger partial charge in [0.1, 0.15) is 5.67 Å². The van der Waals surface area contributed by atoms with Gasteiger partial charge in [-0.05, 0) is 6.08 Å². The van der Waals surface area contributed by atoms with Crippen molar-refractivity contribution in [3.8, 4) is 0 Å². The minimum atomic E-state index is -2.55. The Kier molecular flexibility index (Phi) is 3.94. The summed E-state index contributed by atoms with van der Waals surface area (Å²) >= 11 is 0. The zero-order valence-electron chi connectivity index (χ0n) is 8.26. The van der Waals surface area contributed by atoms with Gasteiger partial charge in [0.05, 0.1) is 6.54 Å². The molecule has 0 aromatic carbocycles. The number of rotatable bonds is 4. The van der Waals surface area contributed by atoms with Crippen LogP contribution in [0.25, 0.3) is 0 Å². The fraction of sp³-hybridized carbons (Fsp3) is 0.444. The maximum absolute atomic E-state index is 14.0. The van der Waals surface area contributed by atoms with Crippen molar-refractivity contribution in [2.75, 3.05) is 6.54 Å². The number of carboxylic acids is 1. The summed E-state index contributed by atoms with van der Waals surface area (Å²) in [6, 6.07) is 0. The third-order valence-electron chi connectivity index (χ3n) is 2.18. The van der Waals surface area contributed by atoms with Crippen LogP contribution < -0.4 is 0 Å². The van der Waals surface area contributed by atoms with Crippen LogP contribution in [-0.4, -0.2) is 31.7 Å². The van der Waals surface area contributed by atoms with Gasteiger partial charge < -0.3 is 5.11 Å². The fourth-order valence-corrected chi connectivity index (χ4v) is 1.64. The average molecular weight is 247 g/mol. The van der Waals surface area contributed by atoms with E-state index in [1.165, 1.54) is 18.2 Å². The monoisotopic (exact) mass is 247 g/mol. The largest absolute Gasteiger partial charge is 0.478 e. The van der Waals surface area contributed by atoms with E-state index < -0.39 is 22.1 Å². The predicted octanol–water partition coefficient (Wildman–Crippen LogP) is 1.12. The molecule has 0 aromatic heterocycles. The van der Waals surface area contributed by atoms with Gasteiger partial charge >= 0.3 is 16.5 Å². The Morgan fingerprint density at radius 3 is 2.88 bits per heavy atom. The molecule has 1 N–H and O–H groups in total. The maximum Gasteiger partial charge on any atom is 0.331 e. The molecular weight excluding hydrogens is 237 g/mol. The first-order valence-corrected chi connectivity index (χ1v) is 5.54. The lowest BCUT2D eigenvalue weighted by Crippen LogP contribution is -2.25. The van der Waals surface area contributed by atoms with Crippen LogP contribution in [-0.2, 0) is 15.3 Å². The molecule has 0 fully saturated rings. The van der Waals surface area contributed by atoms with Crippen LogP contribution in [0.4, 0.5) is 4.39 Å². The van der Waals surface area contributed by atoms with Crippen molar-refractivity contribution in [2.24, 2.45) is 4.36 Å². The van der Waals surface area contributed by atoms with Gasteiger partial charge in [0.15, 0.2) is 0 Å². The minimum absolute atomic E-state index is 0.0340. The average Bonchev–Trinajstić information content (AvgIpc) is 2.16. The first-order valence-electron chi connectivity index (χ1n) is 4.50. The normalized spacial score (nSPS) is 23.7. The molecule has 0 saturated carbocycles. The Hall–Kier alpha value is -1.50. The molecule has 5 nitrogen and oxygen atoms in total. The quantitative estimate of drug-likeness (QED) is 0.806. The Morgan fingerprint density at radius 2 is 2.31 bits per heavy atom. The van der Waals surface area contributed by atoms with Crippen LogP contribution in [0.1, 0.15) is 12.8 Å². The lowest BCUT2D eigenvalue weighted by molar-refractivity contribution is -0.133. The Balaban J connectivity index is 2.68. The molecule has 0 radical (unpaired) electrons. The summed E-state index contributed by atoms with van der Waals surface area (Å²) in [4.78, 5) is 10.6. The van der Waals surface area contributed by atoms with Crippen molar-refractivity contribution >= 4 is 16.5 Å². The van der Waals surface area contributed by atoms with Gasteiger partial charge in [-0.2, -0.15) is 12.8 Å². The highest BCUT2D eigenvalue weighted by Gasteiger charge is 2.31. The van der Waals surface area contributed by atoms with E-state index in [9.17, 15) is 17.6 Å². The van der Waals surface area contributed by atoms with Crippen molar-refractivity contribution < 1.29 is 22.7 Å². The smallest absolute Gasteiger partial charge is 0.331 e. The van der Waals surface area contributed by atoms with Crippen LogP contribution in [0.5, 0.6) is 0 Å². The zero-order valence-corrected chi connectivity index (χ0v) is 9.08. The molecule has 1 aliphatic rings. The highest BCUT2D eigenvalue weighted by molar-refractivity contribution is 7.61. The molecule has 1 unspecified atom stereocenters. The van der Waals surface area contributed by atoms with E-state index in [1.807, 2.05) is 0 Å². The minimum Gasteiger partial charge on any atom is -0.478 e. The number of aliphatic carboxylic acids is 1. The van der Waals surface area contributed by atoms with Crippen LogP contribution in [0, 0.1) is 0 Å². The molecule has 0 aliphatic heterocycles. The van der Waals surface area contributed by atoms with E-state index in [2.05, 4.69) is 4.36 Å². The SMILES string of the molecule is O=C(O)C1=CC=CC(F)(CCN=S(=O)=O)C1. The summed E-state index contributed by atoms with van der Waals surface area (Å²) in [6.07, 6.45) is 3.45. The highest BCUT2D eigenvalue weighted by atomic mass is 32.2. The predicted molar refractivity (Wildman–Crippen MR) is 54.1 cm³/mol. The number of halogens is 1. The molecule has 0 spiro atoms. The number of carbonyl (C=O) groups is 1. The number of hydrogen-bond donors (Lipinski definition) is 1. The fourth-order valence-electron chi connectivity index (χ4n) is 1.40. The molecule has 16 heavy (non-hydrogen) atoms. The van der Waals surface area contributed by atoms with Crippen molar-refractivity contribution in [1.29, 1.82) is 0 Å². The molecular formula is C9H10FNO4S. The Bertz CT molecular complexity index is 472. The third-order valence-corrected chi connectivity index (χ3v) is 2.57. The topological polar surface area (TPSA) is 83.8 Å². The standard InChI is InChI=1S/C9H10FNO4S/c10-9(4-5-11-16(14)15)3-1-2-7(6-9)8(12)13/h1-3H,4-6H2,(H,12,13). The lowest BCUT2D eigenvalue weighted by Gasteiger charge is -2.23. The first kappa shape index (κ1) is 12.6.